The molecule has 178 valence electrons. The normalized spacial score (nSPS) is 20.5. The molecule has 2 unspecified atom stereocenters. The van der Waals surface area contributed by atoms with E-state index in [-0.39, 0.29) is 11.9 Å². The average molecular weight is 470 g/mol. The van der Waals surface area contributed by atoms with Crippen LogP contribution < -0.4 is 5.32 Å². The summed E-state index contributed by atoms with van der Waals surface area (Å²) in [6.07, 6.45) is 8.43. The summed E-state index contributed by atoms with van der Waals surface area (Å²) in [7, 11) is 1.90. The van der Waals surface area contributed by atoms with Gasteiger partial charge in [0.1, 0.15) is 0 Å². The smallest absolute Gasteiger partial charge is 0.251 e. The number of rotatable bonds is 5. The summed E-state index contributed by atoms with van der Waals surface area (Å²) in [4.78, 5) is 13.2. The van der Waals surface area contributed by atoms with Gasteiger partial charge in [0.2, 0.25) is 0 Å². The molecule has 2 atom stereocenters. The Morgan fingerprint density at radius 2 is 2.20 bits per heavy atom. The zero-order valence-electron chi connectivity index (χ0n) is 19.5. The molecule has 3 aromatic heterocycles. The number of aryl methyl sites for hydroxylation is 1. The first kappa shape index (κ1) is 21.5. The summed E-state index contributed by atoms with van der Waals surface area (Å²) >= 11 is 0. The molecule has 1 fully saturated rings. The van der Waals surface area contributed by atoms with Crippen molar-refractivity contribution in [2.45, 2.75) is 43.9 Å². The third-order valence-electron chi connectivity index (χ3n) is 6.89. The molecule has 0 spiro atoms. The van der Waals surface area contributed by atoms with E-state index < -0.39 is 5.60 Å². The summed E-state index contributed by atoms with van der Waals surface area (Å²) < 4.78 is 3.54. The van der Waals surface area contributed by atoms with Gasteiger partial charge in [-0.25, -0.2) is 0 Å². The number of aliphatic hydroxyl groups is 1. The predicted octanol–water partition coefficient (Wildman–Crippen LogP) is 3.42. The number of amides is 1. The van der Waals surface area contributed by atoms with Crippen molar-refractivity contribution >= 4 is 27.7 Å². The van der Waals surface area contributed by atoms with Gasteiger partial charge in [-0.15, -0.1) is 0 Å². The molecule has 6 rings (SSSR count). The minimum atomic E-state index is -0.880. The molecule has 1 amide bonds. The highest BCUT2D eigenvalue weighted by Gasteiger charge is 2.35. The maximum Gasteiger partial charge on any atom is 0.251 e. The lowest BCUT2D eigenvalue weighted by atomic mass is 9.81. The molecule has 35 heavy (non-hydrogen) atoms. The summed E-state index contributed by atoms with van der Waals surface area (Å²) in [6, 6.07) is 13.4. The van der Waals surface area contributed by atoms with Crippen LogP contribution in [0.3, 0.4) is 0 Å². The molecule has 3 N–H and O–H groups in total. The van der Waals surface area contributed by atoms with Gasteiger partial charge >= 0.3 is 0 Å². The SMILES string of the molecule is Cn1cc2cc(-c3n[nH]c4ccc(C(=O)NC5CCCC(O)(Cn6cccn6)C5)cc34)ccc2n1. The van der Waals surface area contributed by atoms with Crippen LogP contribution in [0.15, 0.2) is 61.1 Å². The number of H-pyrrole nitrogens is 1. The molecule has 0 bridgehead atoms. The fourth-order valence-electron chi connectivity index (χ4n) is 5.24. The minimum Gasteiger partial charge on any atom is -0.388 e. The number of fused-ring (bicyclic) bond motifs is 2. The van der Waals surface area contributed by atoms with Gasteiger partial charge in [0.15, 0.2) is 0 Å². The van der Waals surface area contributed by atoms with Gasteiger partial charge in [-0.1, -0.05) is 6.07 Å². The van der Waals surface area contributed by atoms with E-state index in [0.29, 0.717) is 24.9 Å². The molecule has 3 heterocycles. The van der Waals surface area contributed by atoms with Crippen LogP contribution in [-0.2, 0) is 13.6 Å². The molecule has 1 aliphatic rings. The highest BCUT2D eigenvalue weighted by Crippen LogP contribution is 2.31. The van der Waals surface area contributed by atoms with E-state index in [1.54, 1.807) is 15.6 Å². The number of hydrogen-bond donors (Lipinski definition) is 3. The van der Waals surface area contributed by atoms with Crippen molar-refractivity contribution in [1.29, 1.82) is 0 Å². The third-order valence-corrected chi connectivity index (χ3v) is 6.89. The van der Waals surface area contributed by atoms with Crippen molar-refractivity contribution in [3.05, 3.63) is 66.6 Å². The largest absolute Gasteiger partial charge is 0.388 e. The molecule has 9 nitrogen and oxygen atoms in total. The van der Waals surface area contributed by atoms with Crippen LogP contribution in [0.4, 0.5) is 0 Å². The fourth-order valence-corrected chi connectivity index (χ4v) is 5.24. The Kier molecular flexibility index (Phi) is 5.14. The first-order chi connectivity index (χ1) is 17.0. The van der Waals surface area contributed by atoms with Gasteiger partial charge in [0.25, 0.3) is 5.91 Å². The molecule has 5 aromatic rings. The second-order valence-electron chi connectivity index (χ2n) is 9.60. The standard InChI is InChI=1S/C26H27N7O2/c1-32-15-19-12-17(5-7-22(19)31-32)24-21-13-18(6-8-23(21)29-30-24)25(34)28-20-4-2-9-26(35,14-20)16-33-11-3-10-27-33/h3,5-8,10-13,15,20,35H,2,4,9,14,16H2,1H3,(H,28,34)(H,29,30). The van der Waals surface area contributed by atoms with Crippen LogP contribution in [0.5, 0.6) is 0 Å². The Hall–Kier alpha value is -3.98. The van der Waals surface area contributed by atoms with Crippen LogP contribution in [0.25, 0.3) is 33.1 Å². The lowest BCUT2D eigenvalue weighted by molar-refractivity contribution is -0.0237. The lowest BCUT2D eigenvalue weighted by Gasteiger charge is -2.37. The molecule has 0 radical (unpaired) electrons. The summed E-state index contributed by atoms with van der Waals surface area (Å²) in [5, 5.41) is 32.4. The number of benzene rings is 2. The van der Waals surface area contributed by atoms with Crippen molar-refractivity contribution < 1.29 is 9.90 Å². The zero-order chi connectivity index (χ0) is 24.0. The highest BCUT2D eigenvalue weighted by atomic mass is 16.3. The topological polar surface area (TPSA) is 114 Å². The Labute approximate surface area is 201 Å². The van der Waals surface area contributed by atoms with Crippen molar-refractivity contribution in [2.75, 3.05) is 0 Å². The maximum absolute atomic E-state index is 13.2. The molecule has 9 heteroatoms. The lowest BCUT2D eigenvalue weighted by Crippen LogP contribution is -2.47. The van der Waals surface area contributed by atoms with E-state index in [1.165, 1.54) is 0 Å². The van der Waals surface area contributed by atoms with E-state index in [0.717, 1.165) is 45.9 Å². The maximum atomic E-state index is 13.2. The molecular formula is C26H27N7O2. The summed E-state index contributed by atoms with van der Waals surface area (Å²) in [6.45, 7) is 0.429. The van der Waals surface area contributed by atoms with Gasteiger partial charge in [-0.2, -0.15) is 15.3 Å². The average Bonchev–Trinajstić information content (AvgIpc) is 3.57. The molecule has 0 aliphatic heterocycles. The van der Waals surface area contributed by atoms with E-state index >= 15 is 0 Å². The molecular weight excluding hydrogens is 442 g/mol. The number of aromatic amines is 1. The van der Waals surface area contributed by atoms with Crippen LogP contribution in [0.2, 0.25) is 0 Å². The predicted molar refractivity (Wildman–Crippen MR) is 133 cm³/mol. The van der Waals surface area contributed by atoms with Crippen molar-refractivity contribution in [3.8, 4) is 11.3 Å². The Bertz CT molecular complexity index is 1520. The van der Waals surface area contributed by atoms with Crippen molar-refractivity contribution in [2.24, 2.45) is 7.05 Å². The number of aromatic nitrogens is 6. The second-order valence-corrected chi connectivity index (χ2v) is 9.60. The summed E-state index contributed by atoms with van der Waals surface area (Å²) in [5.74, 6) is -0.143. The first-order valence-corrected chi connectivity index (χ1v) is 11.9. The highest BCUT2D eigenvalue weighted by molar-refractivity contribution is 6.02. The first-order valence-electron chi connectivity index (χ1n) is 11.9. The fraction of sp³-hybridized carbons (Fsp3) is 0.308. The number of carbonyl (C=O) groups excluding carboxylic acids is 1. The molecule has 2 aromatic carbocycles. The summed E-state index contributed by atoms with van der Waals surface area (Å²) in [5.41, 5.74) is 3.25. The van der Waals surface area contributed by atoms with E-state index in [4.69, 9.17) is 0 Å². The number of hydrogen-bond acceptors (Lipinski definition) is 5. The molecule has 1 aliphatic carbocycles. The zero-order valence-corrected chi connectivity index (χ0v) is 19.5. The Morgan fingerprint density at radius 3 is 3.06 bits per heavy atom. The number of nitrogens with zero attached hydrogens (tertiary/aromatic N) is 5. The number of nitrogens with one attached hydrogen (secondary N) is 2. The Balaban J connectivity index is 1.23. The van der Waals surface area contributed by atoms with Crippen molar-refractivity contribution in [3.63, 3.8) is 0 Å². The van der Waals surface area contributed by atoms with Gasteiger partial charge in [0, 0.05) is 53.6 Å². The van der Waals surface area contributed by atoms with Gasteiger partial charge in [-0.05, 0) is 62.1 Å². The van der Waals surface area contributed by atoms with Crippen LogP contribution in [-0.4, -0.2) is 52.4 Å². The van der Waals surface area contributed by atoms with Gasteiger partial charge < -0.3 is 10.4 Å². The van der Waals surface area contributed by atoms with E-state index in [9.17, 15) is 9.90 Å². The second kappa shape index (κ2) is 8.35. The number of carbonyl (C=O) groups is 1. The van der Waals surface area contributed by atoms with Crippen LogP contribution in [0.1, 0.15) is 36.0 Å². The van der Waals surface area contributed by atoms with Crippen molar-refractivity contribution in [1.82, 2.24) is 35.1 Å². The van der Waals surface area contributed by atoms with E-state index in [1.807, 2.05) is 55.8 Å². The van der Waals surface area contributed by atoms with Crippen LogP contribution in [0, 0.1) is 0 Å². The Morgan fingerprint density at radius 1 is 1.29 bits per heavy atom. The quantitative estimate of drug-likeness (QED) is 0.365. The molecule has 0 saturated heterocycles. The monoisotopic (exact) mass is 469 g/mol. The molecule has 1 saturated carbocycles. The van der Waals surface area contributed by atoms with Gasteiger partial charge in [0.05, 0.1) is 28.9 Å². The van der Waals surface area contributed by atoms with Crippen LogP contribution >= 0.6 is 0 Å². The third kappa shape index (κ3) is 4.19. The van der Waals surface area contributed by atoms with E-state index in [2.05, 4.69) is 31.8 Å². The van der Waals surface area contributed by atoms with Gasteiger partial charge in [-0.3, -0.25) is 19.3 Å². The minimum absolute atomic E-state index is 0.0932.